The number of amides is 1. The van der Waals surface area contributed by atoms with Crippen molar-refractivity contribution in [1.82, 2.24) is 4.90 Å². The summed E-state index contributed by atoms with van der Waals surface area (Å²) in [4.78, 5) is 13.8. The van der Waals surface area contributed by atoms with Crippen LogP contribution in [0.25, 0.3) is 0 Å². The number of rotatable bonds is 2. The van der Waals surface area contributed by atoms with Gasteiger partial charge in [-0.05, 0) is 19.4 Å². The van der Waals surface area contributed by atoms with E-state index in [9.17, 15) is 4.79 Å². The normalized spacial score (nSPS) is 18.4. The Hall–Kier alpha value is -1.16. The molecule has 0 N–H and O–H groups in total. The minimum Gasteiger partial charge on any atom is -0.445 e. The molecule has 1 aliphatic rings. The van der Waals surface area contributed by atoms with E-state index in [1.165, 1.54) is 0 Å². The van der Waals surface area contributed by atoms with Gasteiger partial charge in [0.25, 0.3) is 0 Å². The van der Waals surface area contributed by atoms with Crippen LogP contribution < -0.4 is 0 Å². The lowest BCUT2D eigenvalue weighted by atomic mass is 10.2. The molecule has 1 aromatic carbocycles. The van der Waals surface area contributed by atoms with Crippen LogP contribution in [-0.2, 0) is 11.3 Å². The third kappa shape index (κ3) is 3.67. The highest BCUT2D eigenvalue weighted by atomic mass is 32.2. The van der Waals surface area contributed by atoms with Crippen molar-refractivity contribution < 1.29 is 9.53 Å². The number of benzene rings is 1. The van der Waals surface area contributed by atoms with Gasteiger partial charge in [-0.1, -0.05) is 30.3 Å². The van der Waals surface area contributed by atoms with Crippen LogP contribution in [0.3, 0.4) is 0 Å². The van der Waals surface area contributed by atoms with Crippen molar-refractivity contribution in [2.24, 2.45) is 0 Å². The average molecular weight is 265 g/mol. The van der Waals surface area contributed by atoms with E-state index in [-0.39, 0.29) is 10.8 Å². The average Bonchev–Trinajstić information content (AvgIpc) is 2.36. The topological polar surface area (TPSA) is 29.5 Å². The van der Waals surface area contributed by atoms with Crippen molar-refractivity contribution in [2.75, 3.05) is 18.8 Å². The van der Waals surface area contributed by atoms with Crippen molar-refractivity contribution in [3.63, 3.8) is 0 Å². The van der Waals surface area contributed by atoms with E-state index < -0.39 is 0 Å². The molecule has 0 aliphatic carbocycles. The number of ether oxygens (including phenoxy) is 1. The van der Waals surface area contributed by atoms with E-state index in [2.05, 4.69) is 13.8 Å². The molecule has 1 heterocycles. The highest BCUT2D eigenvalue weighted by Gasteiger charge is 2.30. The summed E-state index contributed by atoms with van der Waals surface area (Å²) < 4.78 is 5.47. The molecule has 0 bridgehead atoms. The number of thioether (sulfide) groups is 1. The van der Waals surface area contributed by atoms with Crippen molar-refractivity contribution in [1.29, 1.82) is 0 Å². The Morgan fingerprint density at radius 2 is 2.11 bits per heavy atom. The first-order valence-electron chi connectivity index (χ1n) is 6.16. The second-order valence-corrected chi connectivity index (χ2v) is 6.87. The molecule has 4 heteroatoms. The SMILES string of the molecule is CC1(C)CN(C(=O)OCc2ccccc2)CCS1. The van der Waals surface area contributed by atoms with Gasteiger partial charge >= 0.3 is 6.09 Å². The first kappa shape index (κ1) is 13.3. The molecule has 0 unspecified atom stereocenters. The number of nitrogens with zero attached hydrogens (tertiary/aromatic N) is 1. The fraction of sp³-hybridized carbons (Fsp3) is 0.500. The van der Waals surface area contributed by atoms with E-state index in [1.54, 1.807) is 4.90 Å². The Balaban J connectivity index is 1.85. The maximum Gasteiger partial charge on any atom is 0.410 e. The first-order chi connectivity index (χ1) is 8.57. The second-order valence-electron chi connectivity index (χ2n) is 5.07. The Kier molecular flexibility index (Phi) is 4.17. The number of carbonyl (C=O) groups is 1. The number of hydrogen-bond acceptors (Lipinski definition) is 3. The Morgan fingerprint density at radius 3 is 2.78 bits per heavy atom. The molecule has 18 heavy (non-hydrogen) atoms. The third-order valence-electron chi connectivity index (χ3n) is 2.89. The van der Waals surface area contributed by atoms with Crippen LogP contribution in [0.1, 0.15) is 19.4 Å². The summed E-state index contributed by atoms with van der Waals surface area (Å²) in [5.41, 5.74) is 1.02. The minimum absolute atomic E-state index is 0.129. The van der Waals surface area contributed by atoms with Crippen LogP contribution in [0.15, 0.2) is 30.3 Å². The lowest BCUT2D eigenvalue weighted by Gasteiger charge is -2.36. The molecule has 1 aromatic rings. The standard InChI is InChI=1S/C14H19NO2S/c1-14(2)11-15(8-9-18-14)13(16)17-10-12-6-4-3-5-7-12/h3-7H,8-11H2,1-2H3. The molecule has 1 fully saturated rings. The summed E-state index contributed by atoms with van der Waals surface area (Å²) in [6.45, 7) is 6.21. The lowest BCUT2D eigenvalue weighted by Crippen LogP contribution is -2.46. The quantitative estimate of drug-likeness (QED) is 0.822. The van der Waals surface area contributed by atoms with Gasteiger partial charge < -0.3 is 9.64 Å². The molecule has 0 aromatic heterocycles. The molecule has 0 spiro atoms. The van der Waals surface area contributed by atoms with Crippen LogP contribution in [-0.4, -0.2) is 34.6 Å². The Morgan fingerprint density at radius 1 is 1.39 bits per heavy atom. The summed E-state index contributed by atoms with van der Waals surface area (Å²) in [6.07, 6.45) is -0.202. The van der Waals surface area contributed by atoms with Crippen molar-refractivity contribution in [3.05, 3.63) is 35.9 Å². The monoisotopic (exact) mass is 265 g/mol. The summed E-state index contributed by atoms with van der Waals surface area (Å²) in [7, 11) is 0. The molecule has 2 rings (SSSR count). The van der Waals surface area contributed by atoms with Gasteiger partial charge in [0, 0.05) is 23.6 Å². The highest BCUT2D eigenvalue weighted by Crippen LogP contribution is 2.29. The van der Waals surface area contributed by atoms with Gasteiger partial charge in [0.15, 0.2) is 0 Å². The van der Waals surface area contributed by atoms with E-state index in [0.717, 1.165) is 24.4 Å². The van der Waals surface area contributed by atoms with Gasteiger partial charge in [-0.3, -0.25) is 0 Å². The predicted molar refractivity (Wildman–Crippen MR) is 74.7 cm³/mol. The van der Waals surface area contributed by atoms with Crippen molar-refractivity contribution >= 4 is 17.9 Å². The summed E-state index contributed by atoms with van der Waals surface area (Å²) >= 11 is 1.91. The molecule has 98 valence electrons. The molecule has 1 saturated heterocycles. The zero-order chi connectivity index (χ0) is 13.0. The molecule has 1 amide bonds. The molecule has 3 nitrogen and oxygen atoms in total. The second kappa shape index (κ2) is 5.65. The van der Waals surface area contributed by atoms with Crippen molar-refractivity contribution in [3.8, 4) is 0 Å². The van der Waals surface area contributed by atoms with E-state index in [1.807, 2.05) is 42.1 Å². The molecule has 1 aliphatic heterocycles. The van der Waals surface area contributed by atoms with Gasteiger partial charge in [0.05, 0.1) is 0 Å². The largest absolute Gasteiger partial charge is 0.445 e. The Bertz CT molecular complexity index is 406. The van der Waals surface area contributed by atoms with Crippen molar-refractivity contribution in [2.45, 2.75) is 25.2 Å². The van der Waals surface area contributed by atoms with E-state index in [0.29, 0.717) is 6.61 Å². The molecule has 0 radical (unpaired) electrons. The van der Waals surface area contributed by atoms with Crippen LogP contribution in [0, 0.1) is 0 Å². The maximum absolute atomic E-state index is 12.0. The zero-order valence-electron chi connectivity index (χ0n) is 10.9. The smallest absolute Gasteiger partial charge is 0.410 e. The van der Waals surface area contributed by atoms with Gasteiger partial charge in [0.1, 0.15) is 6.61 Å². The van der Waals surface area contributed by atoms with Gasteiger partial charge in [-0.15, -0.1) is 0 Å². The van der Waals surface area contributed by atoms with Crippen LogP contribution in [0.5, 0.6) is 0 Å². The minimum atomic E-state index is -0.202. The lowest BCUT2D eigenvalue weighted by molar-refractivity contribution is 0.0945. The summed E-state index contributed by atoms with van der Waals surface area (Å²) in [5.74, 6) is 0.980. The fourth-order valence-electron chi connectivity index (χ4n) is 1.98. The Labute approximate surface area is 113 Å². The summed E-state index contributed by atoms with van der Waals surface area (Å²) in [6, 6.07) is 9.77. The van der Waals surface area contributed by atoms with E-state index >= 15 is 0 Å². The number of hydrogen-bond donors (Lipinski definition) is 0. The molecular formula is C14H19NO2S. The maximum atomic E-state index is 12.0. The van der Waals surface area contributed by atoms with Crippen LogP contribution in [0.2, 0.25) is 0 Å². The summed E-state index contributed by atoms with van der Waals surface area (Å²) in [5, 5.41) is 0. The van der Waals surface area contributed by atoms with E-state index in [4.69, 9.17) is 4.74 Å². The molecule has 0 saturated carbocycles. The molecule has 0 atom stereocenters. The number of carbonyl (C=O) groups excluding carboxylic acids is 1. The zero-order valence-corrected chi connectivity index (χ0v) is 11.7. The van der Waals surface area contributed by atoms with Gasteiger partial charge in [-0.25, -0.2) is 4.79 Å². The predicted octanol–water partition coefficient (Wildman–Crippen LogP) is 3.15. The fourth-order valence-corrected chi connectivity index (χ4v) is 3.09. The first-order valence-corrected chi connectivity index (χ1v) is 7.15. The van der Waals surface area contributed by atoms with Crippen LogP contribution in [0.4, 0.5) is 4.79 Å². The third-order valence-corrected chi connectivity index (χ3v) is 4.19. The van der Waals surface area contributed by atoms with Gasteiger partial charge in [0.2, 0.25) is 0 Å². The van der Waals surface area contributed by atoms with Crippen LogP contribution >= 0.6 is 11.8 Å². The molecular weight excluding hydrogens is 246 g/mol. The highest BCUT2D eigenvalue weighted by molar-refractivity contribution is 8.00. The van der Waals surface area contributed by atoms with Gasteiger partial charge in [-0.2, -0.15) is 11.8 Å².